The second-order valence-corrected chi connectivity index (χ2v) is 5.44. The highest BCUT2D eigenvalue weighted by atomic mass is 79.9. The van der Waals surface area contributed by atoms with E-state index in [9.17, 15) is 0 Å². The summed E-state index contributed by atoms with van der Waals surface area (Å²) in [4.78, 5) is 4.11. The van der Waals surface area contributed by atoms with Crippen LogP contribution in [0.1, 0.15) is 25.7 Å². The van der Waals surface area contributed by atoms with Gasteiger partial charge in [-0.15, -0.1) is 0 Å². The first-order valence-electron chi connectivity index (χ1n) is 7.33. The zero-order chi connectivity index (χ0) is 15.2. The third-order valence-corrected chi connectivity index (χ3v) is 3.17. The van der Waals surface area contributed by atoms with Gasteiger partial charge >= 0.3 is 0 Å². The first-order valence-corrected chi connectivity index (χ1v) is 8.13. The van der Waals surface area contributed by atoms with Crippen LogP contribution in [0.4, 0.5) is 0 Å². The molecular formula is C15H24BrNO4. The predicted octanol–water partition coefficient (Wildman–Crippen LogP) is 2.81. The molecule has 0 bridgehead atoms. The molecule has 1 aromatic rings. The van der Waals surface area contributed by atoms with Crippen LogP contribution < -0.4 is 4.74 Å². The molecule has 1 rings (SSSR count). The van der Waals surface area contributed by atoms with Gasteiger partial charge in [0, 0.05) is 43.2 Å². The number of unbranched alkanes of at least 4 members (excludes halogenated alkanes) is 2. The number of aromatic nitrogens is 1. The lowest BCUT2D eigenvalue weighted by Crippen LogP contribution is -2.08. The molecule has 0 radical (unpaired) electrons. The maximum atomic E-state index is 8.61. The number of hydrogen-bond acceptors (Lipinski definition) is 5. The largest absolute Gasteiger partial charge is 0.475 e. The molecule has 0 spiro atoms. The van der Waals surface area contributed by atoms with Gasteiger partial charge in [-0.2, -0.15) is 0 Å². The Bertz CT molecular complexity index is 348. The van der Waals surface area contributed by atoms with Gasteiger partial charge in [0.1, 0.15) is 6.61 Å². The Morgan fingerprint density at radius 1 is 0.905 bits per heavy atom. The molecule has 1 aromatic heterocycles. The number of pyridine rings is 1. The van der Waals surface area contributed by atoms with Crippen molar-refractivity contribution in [1.29, 1.82) is 0 Å². The molecule has 0 aliphatic rings. The molecule has 0 fully saturated rings. The second-order valence-electron chi connectivity index (χ2n) is 4.53. The van der Waals surface area contributed by atoms with Crippen molar-refractivity contribution < 1.29 is 19.3 Å². The highest BCUT2D eigenvalue weighted by molar-refractivity contribution is 9.10. The summed E-state index contributed by atoms with van der Waals surface area (Å²) in [5, 5.41) is 8.61. The number of halogens is 1. The SMILES string of the molecule is OCCCCOCCCCOCCOc1ccc(Br)cn1. The maximum Gasteiger partial charge on any atom is 0.213 e. The zero-order valence-electron chi connectivity index (χ0n) is 12.3. The van der Waals surface area contributed by atoms with Gasteiger partial charge in [0.05, 0.1) is 6.61 Å². The van der Waals surface area contributed by atoms with Crippen LogP contribution in [0.25, 0.3) is 0 Å². The Kier molecular flexibility index (Phi) is 11.4. The van der Waals surface area contributed by atoms with E-state index in [1.165, 1.54) is 0 Å². The summed E-state index contributed by atoms with van der Waals surface area (Å²) in [7, 11) is 0. The first-order chi connectivity index (χ1) is 10.3. The first kappa shape index (κ1) is 18.4. The van der Waals surface area contributed by atoms with Gasteiger partial charge in [0.2, 0.25) is 5.88 Å². The topological polar surface area (TPSA) is 60.8 Å². The Hall–Kier alpha value is -0.690. The van der Waals surface area contributed by atoms with Gasteiger partial charge in [-0.1, -0.05) is 0 Å². The van der Waals surface area contributed by atoms with Crippen LogP contribution in [0.2, 0.25) is 0 Å². The Balaban J connectivity index is 1.81. The van der Waals surface area contributed by atoms with Crippen molar-refractivity contribution in [2.24, 2.45) is 0 Å². The molecule has 1 N–H and O–H groups in total. The summed E-state index contributed by atoms with van der Waals surface area (Å²) in [5.74, 6) is 0.609. The van der Waals surface area contributed by atoms with Gasteiger partial charge < -0.3 is 19.3 Å². The molecule has 0 unspecified atom stereocenters. The predicted molar refractivity (Wildman–Crippen MR) is 84.6 cm³/mol. The Morgan fingerprint density at radius 3 is 2.19 bits per heavy atom. The van der Waals surface area contributed by atoms with Crippen molar-refractivity contribution in [3.63, 3.8) is 0 Å². The number of ether oxygens (including phenoxy) is 3. The van der Waals surface area contributed by atoms with Crippen LogP contribution in [0.3, 0.4) is 0 Å². The van der Waals surface area contributed by atoms with E-state index in [0.29, 0.717) is 19.1 Å². The molecule has 0 saturated heterocycles. The lowest BCUT2D eigenvalue weighted by atomic mass is 10.3. The molecule has 5 nitrogen and oxygen atoms in total. The molecular weight excluding hydrogens is 338 g/mol. The minimum Gasteiger partial charge on any atom is -0.475 e. The quantitative estimate of drug-likeness (QED) is 0.547. The minimum absolute atomic E-state index is 0.245. The summed E-state index contributed by atoms with van der Waals surface area (Å²) < 4.78 is 17.3. The highest BCUT2D eigenvalue weighted by Crippen LogP contribution is 2.11. The maximum absolute atomic E-state index is 8.61. The van der Waals surface area contributed by atoms with Gasteiger partial charge in [-0.25, -0.2) is 4.98 Å². The smallest absolute Gasteiger partial charge is 0.213 e. The number of aliphatic hydroxyl groups is 1. The molecule has 0 aliphatic heterocycles. The fraction of sp³-hybridized carbons (Fsp3) is 0.667. The van der Waals surface area contributed by atoms with Crippen molar-refractivity contribution in [2.75, 3.05) is 39.6 Å². The van der Waals surface area contributed by atoms with Crippen LogP contribution in [-0.2, 0) is 9.47 Å². The van der Waals surface area contributed by atoms with Crippen molar-refractivity contribution in [1.82, 2.24) is 4.98 Å². The molecule has 6 heteroatoms. The molecule has 0 atom stereocenters. The number of hydrogen-bond donors (Lipinski definition) is 1. The summed E-state index contributed by atoms with van der Waals surface area (Å²) in [6.07, 6.45) is 5.42. The third kappa shape index (κ3) is 10.6. The normalized spacial score (nSPS) is 10.8. The van der Waals surface area contributed by atoms with Crippen LogP contribution >= 0.6 is 15.9 Å². The molecule has 120 valence electrons. The summed E-state index contributed by atoms with van der Waals surface area (Å²) in [6.45, 7) is 3.52. The van der Waals surface area contributed by atoms with Gasteiger partial charge in [-0.3, -0.25) is 0 Å². The number of rotatable bonds is 13. The van der Waals surface area contributed by atoms with Crippen molar-refractivity contribution in [2.45, 2.75) is 25.7 Å². The molecule has 1 heterocycles. The third-order valence-electron chi connectivity index (χ3n) is 2.70. The molecule has 0 saturated carbocycles. The Labute approximate surface area is 134 Å². The molecule has 21 heavy (non-hydrogen) atoms. The van der Waals surface area contributed by atoms with E-state index >= 15 is 0 Å². The Morgan fingerprint density at radius 2 is 1.57 bits per heavy atom. The summed E-state index contributed by atoms with van der Waals surface area (Å²) in [6, 6.07) is 3.71. The fourth-order valence-electron chi connectivity index (χ4n) is 1.58. The van der Waals surface area contributed by atoms with E-state index < -0.39 is 0 Å². The summed E-state index contributed by atoms with van der Waals surface area (Å²) in [5.41, 5.74) is 0. The van der Waals surface area contributed by atoms with Gasteiger partial charge in [0.25, 0.3) is 0 Å². The minimum atomic E-state index is 0.245. The van der Waals surface area contributed by atoms with Crippen molar-refractivity contribution in [3.05, 3.63) is 22.8 Å². The molecule has 0 aromatic carbocycles. The average Bonchev–Trinajstić information content (AvgIpc) is 2.50. The van der Waals surface area contributed by atoms with E-state index in [2.05, 4.69) is 20.9 Å². The van der Waals surface area contributed by atoms with Crippen LogP contribution in [0.5, 0.6) is 5.88 Å². The average molecular weight is 362 g/mol. The van der Waals surface area contributed by atoms with Crippen molar-refractivity contribution in [3.8, 4) is 5.88 Å². The standard InChI is InChI=1S/C15H24BrNO4/c16-14-5-6-15(17-13-14)21-12-11-20-10-4-3-9-19-8-2-1-7-18/h5-6,13,18H,1-4,7-12H2. The van der Waals surface area contributed by atoms with E-state index in [0.717, 1.165) is 50.0 Å². The number of nitrogens with zero attached hydrogens (tertiary/aromatic N) is 1. The van der Waals surface area contributed by atoms with Crippen LogP contribution in [0, 0.1) is 0 Å². The van der Waals surface area contributed by atoms with E-state index in [-0.39, 0.29) is 6.61 Å². The second kappa shape index (κ2) is 13.0. The zero-order valence-corrected chi connectivity index (χ0v) is 13.9. The molecule has 0 aliphatic carbocycles. The van der Waals surface area contributed by atoms with Gasteiger partial charge in [0.15, 0.2) is 0 Å². The lowest BCUT2D eigenvalue weighted by molar-refractivity contribution is 0.0823. The highest BCUT2D eigenvalue weighted by Gasteiger charge is 1.96. The molecule has 0 amide bonds. The number of aliphatic hydroxyl groups excluding tert-OH is 1. The summed E-state index contributed by atoms with van der Waals surface area (Å²) >= 11 is 3.32. The monoisotopic (exact) mass is 361 g/mol. The van der Waals surface area contributed by atoms with Crippen molar-refractivity contribution >= 4 is 15.9 Å². The van der Waals surface area contributed by atoms with E-state index in [1.54, 1.807) is 6.20 Å². The lowest BCUT2D eigenvalue weighted by Gasteiger charge is -2.07. The fourth-order valence-corrected chi connectivity index (χ4v) is 1.82. The van der Waals surface area contributed by atoms with Crippen LogP contribution in [-0.4, -0.2) is 49.7 Å². The van der Waals surface area contributed by atoms with E-state index in [4.69, 9.17) is 19.3 Å². The van der Waals surface area contributed by atoms with Crippen LogP contribution in [0.15, 0.2) is 22.8 Å². The van der Waals surface area contributed by atoms with Gasteiger partial charge in [-0.05, 0) is 47.7 Å². The van der Waals surface area contributed by atoms with E-state index in [1.807, 2.05) is 12.1 Å².